The summed E-state index contributed by atoms with van der Waals surface area (Å²) in [5.74, 6) is -1.86. The van der Waals surface area contributed by atoms with Gasteiger partial charge in [0.2, 0.25) is 5.69 Å². The Hall–Kier alpha value is -2.49. The predicted octanol–water partition coefficient (Wildman–Crippen LogP) is -0.358. The molecule has 1 N–H and O–H groups in total. The summed E-state index contributed by atoms with van der Waals surface area (Å²) in [7, 11) is 1.46. The molecular formula is C11H14N4O6. The highest BCUT2D eigenvalue weighted by atomic mass is 16.6. The van der Waals surface area contributed by atoms with Crippen LogP contribution in [-0.2, 0) is 16.6 Å². The third-order valence-corrected chi connectivity index (χ3v) is 3.03. The number of carbonyl (C=O) groups is 2. The van der Waals surface area contributed by atoms with Crippen molar-refractivity contribution in [2.45, 2.75) is 19.1 Å². The molecule has 21 heavy (non-hydrogen) atoms. The highest BCUT2D eigenvalue weighted by Crippen LogP contribution is 2.20. The Balaban J connectivity index is 2.27. The van der Waals surface area contributed by atoms with Crippen molar-refractivity contribution in [3.05, 3.63) is 22.0 Å². The van der Waals surface area contributed by atoms with Crippen LogP contribution in [0.25, 0.3) is 0 Å². The molecule has 2 rings (SSSR count). The molecule has 0 saturated carbocycles. The molecule has 114 valence electrons. The Morgan fingerprint density at radius 3 is 2.76 bits per heavy atom. The maximum atomic E-state index is 12.3. The molecular weight excluding hydrogens is 284 g/mol. The largest absolute Gasteiger partial charge is 0.479 e. The molecule has 0 spiro atoms. The summed E-state index contributed by atoms with van der Waals surface area (Å²) in [4.78, 5) is 34.8. The molecule has 0 bridgehead atoms. The fraction of sp³-hybridized carbons (Fsp3) is 0.545. The zero-order valence-corrected chi connectivity index (χ0v) is 11.4. The Morgan fingerprint density at radius 2 is 2.19 bits per heavy atom. The van der Waals surface area contributed by atoms with Crippen LogP contribution in [0.1, 0.15) is 17.4 Å². The van der Waals surface area contributed by atoms with Gasteiger partial charge in [0, 0.05) is 13.6 Å². The maximum Gasteiger partial charge on any atom is 0.334 e. The van der Waals surface area contributed by atoms with Crippen molar-refractivity contribution in [2.24, 2.45) is 7.05 Å². The van der Waals surface area contributed by atoms with Crippen LogP contribution in [0.15, 0.2) is 6.20 Å². The van der Waals surface area contributed by atoms with Crippen molar-refractivity contribution in [2.75, 3.05) is 13.1 Å². The van der Waals surface area contributed by atoms with Gasteiger partial charge < -0.3 is 14.7 Å². The van der Waals surface area contributed by atoms with Crippen molar-refractivity contribution in [3.8, 4) is 0 Å². The number of aromatic nitrogens is 2. The number of aryl methyl sites for hydroxylation is 1. The molecule has 1 aromatic heterocycles. The normalized spacial score (nSPS) is 22.1. The summed E-state index contributed by atoms with van der Waals surface area (Å²) >= 11 is 0. The number of nitro groups is 1. The number of morpholine rings is 1. The van der Waals surface area contributed by atoms with Crippen LogP contribution >= 0.6 is 0 Å². The van der Waals surface area contributed by atoms with Gasteiger partial charge in [-0.15, -0.1) is 0 Å². The van der Waals surface area contributed by atoms with Crippen LogP contribution < -0.4 is 0 Å². The number of rotatable bonds is 3. The smallest absolute Gasteiger partial charge is 0.334 e. The first-order chi connectivity index (χ1) is 9.79. The lowest BCUT2D eigenvalue weighted by molar-refractivity contribution is -0.385. The molecule has 1 saturated heterocycles. The number of hydrogen-bond acceptors (Lipinski definition) is 6. The molecule has 2 atom stereocenters. The number of carbonyl (C=O) groups excluding carboxylic acids is 1. The first-order valence-electron chi connectivity index (χ1n) is 6.15. The zero-order valence-electron chi connectivity index (χ0n) is 11.4. The molecule has 1 unspecified atom stereocenters. The Bertz CT molecular complexity index is 598. The molecule has 10 nitrogen and oxygen atoms in total. The van der Waals surface area contributed by atoms with Crippen LogP contribution in [0, 0.1) is 10.1 Å². The van der Waals surface area contributed by atoms with Crippen molar-refractivity contribution >= 4 is 17.6 Å². The van der Waals surface area contributed by atoms with Gasteiger partial charge in [0.15, 0.2) is 6.10 Å². The lowest BCUT2D eigenvalue weighted by Gasteiger charge is -2.34. The Labute approximate surface area is 119 Å². The van der Waals surface area contributed by atoms with Crippen molar-refractivity contribution in [1.82, 2.24) is 14.7 Å². The molecule has 1 aromatic rings. The van der Waals surface area contributed by atoms with Gasteiger partial charge in [0.05, 0.1) is 17.6 Å². The number of aliphatic carboxylic acids is 1. The van der Waals surface area contributed by atoms with E-state index >= 15 is 0 Å². The summed E-state index contributed by atoms with van der Waals surface area (Å²) in [6.07, 6.45) is -0.502. The molecule has 1 fully saturated rings. The minimum Gasteiger partial charge on any atom is -0.479 e. The molecule has 2 heterocycles. The molecule has 1 amide bonds. The standard InChI is InChI=1S/C11H14N4O6/c1-6-3-14(5-8(21-6)11(17)18)10(16)9-7(15(19)20)4-13(2)12-9/h4,6,8H,3,5H2,1-2H3,(H,17,18)/t6-,8?/m1/s1. The third kappa shape index (κ3) is 2.99. The van der Waals surface area contributed by atoms with Gasteiger partial charge in [-0.3, -0.25) is 19.6 Å². The van der Waals surface area contributed by atoms with E-state index in [1.165, 1.54) is 16.6 Å². The van der Waals surface area contributed by atoms with Crippen LogP contribution in [0.2, 0.25) is 0 Å². The number of amides is 1. The SMILES string of the molecule is C[C@@H]1CN(C(=O)c2nn(C)cc2[N+](=O)[O-])CC(C(=O)O)O1. The first-order valence-corrected chi connectivity index (χ1v) is 6.15. The second-order valence-electron chi connectivity index (χ2n) is 4.78. The van der Waals surface area contributed by atoms with Gasteiger partial charge >= 0.3 is 11.7 Å². The summed E-state index contributed by atoms with van der Waals surface area (Å²) in [6.45, 7) is 1.60. The fourth-order valence-corrected chi connectivity index (χ4v) is 2.17. The maximum absolute atomic E-state index is 12.3. The number of carboxylic acids is 1. The number of nitrogens with zero attached hydrogens (tertiary/aromatic N) is 4. The second-order valence-corrected chi connectivity index (χ2v) is 4.78. The number of hydrogen-bond donors (Lipinski definition) is 1. The van der Waals surface area contributed by atoms with Crippen LogP contribution in [0.3, 0.4) is 0 Å². The molecule has 10 heteroatoms. The van der Waals surface area contributed by atoms with E-state index in [0.29, 0.717) is 0 Å². The zero-order chi connectivity index (χ0) is 15.7. The van der Waals surface area contributed by atoms with E-state index in [9.17, 15) is 19.7 Å². The predicted molar refractivity (Wildman–Crippen MR) is 67.7 cm³/mol. The van der Waals surface area contributed by atoms with E-state index in [-0.39, 0.29) is 18.8 Å². The fourth-order valence-electron chi connectivity index (χ4n) is 2.17. The lowest BCUT2D eigenvalue weighted by atomic mass is 10.2. The second kappa shape index (κ2) is 5.48. The van der Waals surface area contributed by atoms with Crippen molar-refractivity contribution in [3.63, 3.8) is 0 Å². The monoisotopic (exact) mass is 298 g/mol. The minimum absolute atomic E-state index is 0.149. The van der Waals surface area contributed by atoms with E-state index in [1.807, 2.05) is 0 Å². The molecule has 0 aliphatic carbocycles. The number of carboxylic acid groups (broad SMARTS) is 1. The first kappa shape index (κ1) is 14.9. The molecule has 1 aliphatic heterocycles. The topological polar surface area (TPSA) is 128 Å². The Kier molecular flexibility index (Phi) is 3.89. The number of ether oxygens (including phenoxy) is 1. The third-order valence-electron chi connectivity index (χ3n) is 3.03. The van der Waals surface area contributed by atoms with Crippen LogP contribution in [-0.4, -0.2) is 61.9 Å². The molecule has 0 aromatic carbocycles. The van der Waals surface area contributed by atoms with E-state index in [0.717, 1.165) is 6.20 Å². The molecule has 1 aliphatic rings. The van der Waals surface area contributed by atoms with E-state index in [1.54, 1.807) is 6.92 Å². The summed E-state index contributed by atoms with van der Waals surface area (Å²) < 4.78 is 6.36. The van der Waals surface area contributed by atoms with E-state index in [2.05, 4.69) is 5.10 Å². The average molecular weight is 298 g/mol. The highest BCUT2D eigenvalue weighted by Gasteiger charge is 2.36. The van der Waals surface area contributed by atoms with Gasteiger partial charge in [0.1, 0.15) is 6.20 Å². The van der Waals surface area contributed by atoms with Crippen LogP contribution in [0.5, 0.6) is 0 Å². The van der Waals surface area contributed by atoms with E-state index < -0.39 is 34.7 Å². The summed E-state index contributed by atoms with van der Waals surface area (Å²) in [5, 5.41) is 23.7. The molecule has 0 radical (unpaired) electrons. The minimum atomic E-state index is -1.19. The highest BCUT2D eigenvalue weighted by molar-refractivity contribution is 5.96. The average Bonchev–Trinajstić information content (AvgIpc) is 2.79. The lowest BCUT2D eigenvalue weighted by Crippen LogP contribution is -2.51. The van der Waals surface area contributed by atoms with Gasteiger partial charge in [0.25, 0.3) is 5.91 Å². The van der Waals surface area contributed by atoms with Gasteiger partial charge in [-0.2, -0.15) is 5.10 Å². The quantitative estimate of drug-likeness (QED) is 0.596. The van der Waals surface area contributed by atoms with Gasteiger partial charge in [-0.05, 0) is 6.92 Å². The van der Waals surface area contributed by atoms with Crippen LogP contribution in [0.4, 0.5) is 5.69 Å². The van der Waals surface area contributed by atoms with E-state index in [4.69, 9.17) is 9.84 Å². The van der Waals surface area contributed by atoms with Gasteiger partial charge in [-0.1, -0.05) is 0 Å². The summed E-state index contributed by atoms with van der Waals surface area (Å²) in [5.41, 5.74) is -0.714. The van der Waals surface area contributed by atoms with Crippen molar-refractivity contribution < 1.29 is 24.4 Å². The van der Waals surface area contributed by atoms with Gasteiger partial charge in [-0.25, -0.2) is 4.79 Å². The van der Waals surface area contributed by atoms with Crippen molar-refractivity contribution in [1.29, 1.82) is 0 Å². The Morgan fingerprint density at radius 1 is 1.52 bits per heavy atom. The summed E-state index contributed by atoms with van der Waals surface area (Å²) in [6, 6.07) is 0.